The minimum absolute atomic E-state index is 1.21. The van der Waals surface area contributed by atoms with Crippen LogP contribution in [0.3, 0.4) is 0 Å². The number of rotatable bonds is 0. The summed E-state index contributed by atoms with van der Waals surface area (Å²) in [5.74, 6) is 0. The second-order valence-corrected chi connectivity index (χ2v) is 3.74. The van der Waals surface area contributed by atoms with Crippen LogP contribution < -0.4 is 0 Å². The summed E-state index contributed by atoms with van der Waals surface area (Å²) in [7, 11) is 0. The summed E-state index contributed by atoms with van der Waals surface area (Å²) in [5, 5.41) is 0. The third-order valence-corrected chi connectivity index (χ3v) is 3.08. The molecule has 0 aromatic heterocycles. The van der Waals surface area contributed by atoms with Crippen LogP contribution in [0, 0.1) is 0 Å². The van der Waals surface area contributed by atoms with Gasteiger partial charge in [0.2, 0.25) is 0 Å². The fraction of sp³-hybridized carbons (Fsp3) is 0.333. The van der Waals surface area contributed by atoms with Crippen LogP contribution >= 0.6 is 0 Å². The highest BCUT2D eigenvalue weighted by atomic mass is 14.3. The molecule has 0 amide bonds. The van der Waals surface area contributed by atoms with Crippen LogP contribution in [0.4, 0.5) is 0 Å². The highest BCUT2D eigenvalue weighted by Gasteiger charge is 2.23. The van der Waals surface area contributed by atoms with Gasteiger partial charge in [-0.05, 0) is 42.4 Å². The van der Waals surface area contributed by atoms with E-state index in [9.17, 15) is 0 Å². The lowest BCUT2D eigenvalue weighted by Gasteiger charge is -2.14. The van der Waals surface area contributed by atoms with E-state index in [0.717, 1.165) is 0 Å². The predicted molar refractivity (Wildman–Crippen MR) is 50.8 cm³/mol. The maximum atomic E-state index is 2.37. The van der Waals surface area contributed by atoms with Crippen molar-refractivity contribution < 1.29 is 0 Å². The van der Waals surface area contributed by atoms with Crippen molar-refractivity contribution in [2.75, 3.05) is 0 Å². The van der Waals surface area contributed by atoms with Crippen molar-refractivity contribution in [2.45, 2.75) is 25.7 Å². The summed E-state index contributed by atoms with van der Waals surface area (Å²) >= 11 is 0. The summed E-state index contributed by atoms with van der Waals surface area (Å²) in [6, 6.07) is 0. The average Bonchev–Trinajstić information content (AvgIpc) is 2.71. The zero-order valence-electron chi connectivity index (χ0n) is 7.14. The zero-order chi connectivity index (χ0) is 7.97. The highest BCUT2D eigenvalue weighted by Crippen LogP contribution is 2.41. The third kappa shape index (κ3) is 0.726. The molecule has 12 heavy (non-hydrogen) atoms. The predicted octanol–water partition coefficient (Wildman–Crippen LogP) is 3.29. The van der Waals surface area contributed by atoms with Crippen molar-refractivity contribution in [3.05, 3.63) is 46.6 Å². The molecule has 0 aromatic rings. The van der Waals surface area contributed by atoms with Crippen molar-refractivity contribution in [1.82, 2.24) is 0 Å². The topological polar surface area (TPSA) is 0 Å². The Labute approximate surface area is 73.0 Å². The van der Waals surface area contributed by atoms with E-state index in [1.165, 1.54) is 36.8 Å². The van der Waals surface area contributed by atoms with E-state index in [1.54, 1.807) is 11.1 Å². The van der Waals surface area contributed by atoms with E-state index < -0.39 is 0 Å². The lowest BCUT2D eigenvalue weighted by Crippen LogP contribution is -1.95. The quantitative estimate of drug-likeness (QED) is 0.505. The molecule has 3 rings (SSSR count). The molecule has 0 fully saturated rings. The van der Waals surface area contributed by atoms with E-state index in [4.69, 9.17) is 0 Å². The fourth-order valence-electron chi connectivity index (χ4n) is 2.48. The standard InChI is InChI=1S/C12H12/c1-3-9-7-8-10-4-2-6-12(10)11(9)5-1/h1,3,5,7H,2,4,6,8H2. The first-order valence-corrected chi connectivity index (χ1v) is 4.75. The van der Waals surface area contributed by atoms with Gasteiger partial charge in [0.1, 0.15) is 0 Å². The van der Waals surface area contributed by atoms with E-state index in [0.29, 0.717) is 0 Å². The number of hydrogen-bond donors (Lipinski definition) is 0. The molecular formula is C12H12. The molecule has 0 heterocycles. The van der Waals surface area contributed by atoms with Crippen LogP contribution in [0.2, 0.25) is 0 Å². The minimum Gasteiger partial charge on any atom is -0.0726 e. The second kappa shape index (κ2) is 2.22. The van der Waals surface area contributed by atoms with Gasteiger partial charge in [0, 0.05) is 0 Å². The summed E-state index contributed by atoms with van der Waals surface area (Å²) in [5.41, 5.74) is 6.36. The van der Waals surface area contributed by atoms with Gasteiger partial charge < -0.3 is 0 Å². The van der Waals surface area contributed by atoms with Gasteiger partial charge in [-0.15, -0.1) is 0 Å². The molecule has 0 bridgehead atoms. The maximum absolute atomic E-state index is 2.37. The Bertz CT molecular complexity index is 348. The smallest absolute Gasteiger partial charge is 0.0124 e. The summed E-state index contributed by atoms with van der Waals surface area (Å²) < 4.78 is 0. The molecule has 3 aliphatic carbocycles. The molecule has 0 atom stereocenters. The van der Waals surface area contributed by atoms with Crippen LogP contribution in [0.5, 0.6) is 0 Å². The largest absolute Gasteiger partial charge is 0.0726 e. The molecule has 0 heteroatoms. The van der Waals surface area contributed by atoms with Crippen molar-refractivity contribution in [2.24, 2.45) is 0 Å². The summed E-state index contributed by atoms with van der Waals surface area (Å²) in [6.45, 7) is 0. The van der Waals surface area contributed by atoms with E-state index in [2.05, 4.69) is 24.3 Å². The van der Waals surface area contributed by atoms with Crippen molar-refractivity contribution in [1.29, 1.82) is 0 Å². The highest BCUT2D eigenvalue weighted by molar-refractivity contribution is 5.62. The number of allylic oxidation sites excluding steroid dienone is 8. The molecule has 0 unspecified atom stereocenters. The van der Waals surface area contributed by atoms with Crippen LogP contribution in [-0.2, 0) is 0 Å². The van der Waals surface area contributed by atoms with E-state index in [1.807, 2.05) is 0 Å². The van der Waals surface area contributed by atoms with E-state index in [-0.39, 0.29) is 0 Å². The maximum Gasteiger partial charge on any atom is -0.0124 e. The Morgan fingerprint density at radius 2 is 2.17 bits per heavy atom. The van der Waals surface area contributed by atoms with Crippen molar-refractivity contribution >= 4 is 0 Å². The number of fused-ring (bicyclic) bond motifs is 2. The molecule has 0 aliphatic heterocycles. The first kappa shape index (κ1) is 6.47. The zero-order valence-corrected chi connectivity index (χ0v) is 7.14. The van der Waals surface area contributed by atoms with Gasteiger partial charge in [-0.1, -0.05) is 29.9 Å². The molecule has 0 saturated heterocycles. The lowest BCUT2D eigenvalue weighted by atomic mass is 9.90. The van der Waals surface area contributed by atoms with Crippen LogP contribution in [0.15, 0.2) is 46.6 Å². The second-order valence-electron chi connectivity index (χ2n) is 3.74. The number of hydrogen-bond acceptors (Lipinski definition) is 0. The molecule has 0 radical (unpaired) electrons. The molecule has 0 nitrogen and oxygen atoms in total. The average molecular weight is 156 g/mol. The van der Waals surface area contributed by atoms with Gasteiger partial charge in [-0.2, -0.15) is 0 Å². The first-order valence-electron chi connectivity index (χ1n) is 4.75. The molecule has 60 valence electrons. The summed E-state index contributed by atoms with van der Waals surface area (Å²) in [4.78, 5) is 0. The van der Waals surface area contributed by atoms with Gasteiger partial charge in [0.05, 0.1) is 0 Å². The molecule has 0 aromatic carbocycles. The molecule has 0 N–H and O–H groups in total. The molecule has 0 spiro atoms. The van der Waals surface area contributed by atoms with Crippen LogP contribution in [0.25, 0.3) is 0 Å². The van der Waals surface area contributed by atoms with Gasteiger partial charge in [-0.25, -0.2) is 0 Å². The Morgan fingerprint density at radius 3 is 3.17 bits per heavy atom. The Kier molecular flexibility index (Phi) is 1.20. The van der Waals surface area contributed by atoms with Gasteiger partial charge in [-0.3, -0.25) is 0 Å². The SMILES string of the molecule is C1=CC2=CCC3=C(CCC3)C2=C1. The fourth-order valence-corrected chi connectivity index (χ4v) is 2.48. The van der Waals surface area contributed by atoms with Gasteiger partial charge >= 0.3 is 0 Å². The van der Waals surface area contributed by atoms with Crippen LogP contribution in [-0.4, -0.2) is 0 Å². The normalized spacial score (nSPS) is 25.3. The van der Waals surface area contributed by atoms with Gasteiger partial charge in [0.15, 0.2) is 0 Å². The van der Waals surface area contributed by atoms with E-state index >= 15 is 0 Å². The molecule has 0 saturated carbocycles. The third-order valence-electron chi connectivity index (χ3n) is 3.08. The Morgan fingerprint density at radius 1 is 1.17 bits per heavy atom. The molecular weight excluding hydrogens is 144 g/mol. The summed E-state index contributed by atoms with van der Waals surface area (Å²) in [6.07, 6.45) is 14.3. The molecule has 3 aliphatic rings. The Hall–Kier alpha value is -1.04. The first-order chi connectivity index (χ1) is 5.95. The lowest BCUT2D eigenvalue weighted by molar-refractivity contribution is 0.889. The van der Waals surface area contributed by atoms with Crippen LogP contribution in [0.1, 0.15) is 25.7 Å². The van der Waals surface area contributed by atoms with Gasteiger partial charge in [0.25, 0.3) is 0 Å². The Balaban J connectivity index is 2.11. The monoisotopic (exact) mass is 156 g/mol. The van der Waals surface area contributed by atoms with Crippen molar-refractivity contribution in [3.8, 4) is 0 Å². The van der Waals surface area contributed by atoms with Crippen molar-refractivity contribution in [3.63, 3.8) is 0 Å². The minimum atomic E-state index is 1.21.